The fourth-order valence-corrected chi connectivity index (χ4v) is 18.9. The third-order valence-electron chi connectivity index (χ3n) is 4.37. The van der Waals surface area contributed by atoms with Crippen molar-refractivity contribution in [3.8, 4) is 0 Å². The van der Waals surface area contributed by atoms with E-state index in [-0.39, 0.29) is 0 Å². The van der Waals surface area contributed by atoms with Crippen molar-refractivity contribution in [1.29, 1.82) is 0 Å². The molecular weight excluding hydrogens is 397 g/mol. The summed E-state index contributed by atoms with van der Waals surface area (Å²) in [7, 11) is 0. The molecule has 1 aliphatic rings. The van der Waals surface area contributed by atoms with Gasteiger partial charge in [-0.3, -0.25) is 0 Å². The van der Waals surface area contributed by atoms with E-state index < -0.39 is 27.2 Å². The van der Waals surface area contributed by atoms with Gasteiger partial charge < -0.3 is 0 Å². The van der Waals surface area contributed by atoms with Gasteiger partial charge in [-0.05, 0) is 0 Å². The molecule has 2 aromatic carbocycles. The van der Waals surface area contributed by atoms with E-state index in [1.807, 2.05) is 0 Å². The quantitative estimate of drug-likeness (QED) is 0.660. The average Bonchev–Trinajstić information content (AvgIpc) is 2.57. The zero-order chi connectivity index (χ0) is 16.3. The number of hydrogen-bond acceptors (Lipinski definition) is 0. The summed E-state index contributed by atoms with van der Waals surface area (Å²) in [5.74, 6) is 7.63. The van der Waals surface area contributed by atoms with Crippen molar-refractivity contribution < 1.29 is 0 Å². The molecule has 2 heteroatoms. The SMILES string of the molecule is [CH3][Ge]([CH3])([CH3])[CH]1C=CC=C[C]1=[Ge]([c]1ccccc1)[c]1ccccc1. The zero-order valence-electron chi connectivity index (χ0n) is 14.2. The summed E-state index contributed by atoms with van der Waals surface area (Å²) in [6, 6.07) is 22.4. The molecule has 0 saturated carbocycles. The molecule has 1 unspecified atom stereocenters. The van der Waals surface area contributed by atoms with Crippen molar-refractivity contribution in [2.75, 3.05) is 0 Å². The first-order chi connectivity index (χ1) is 11.1. The van der Waals surface area contributed by atoms with Gasteiger partial charge in [-0.15, -0.1) is 0 Å². The standard InChI is InChI=1S/C21H24Ge2/c1-23(2,3)21-17-11-10-16-20(21)22(18-12-6-4-7-13-18)19-14-8-5-9-15-19/h4-17,21H,1-3H3. The van der Waals surface area contributed by atoms with Gasteiger partial charge in [0, 0.05) is 0 Å². The summed E-state index contributed by atoms with van der Waals surface area (Å²) >= 11 is -3.52. The van der Waals surface area contributed by atoms with E-state index in [0.717, 1.165) is 0 Å². The Kier molecular flexibility index (Phi) is 5.23. The Balaban J connectivity index is 2.26. The van der Waals surface area contributed by atoms with Gasteiger partial charge in [0.05, 0.1) is 0 Å². The van der Waals surface area contributed by atoms with Crippen LogP contribution in [0.15, 0.2) is 85.0 Å². The molecule has 0 radical (unpaired) electrons. The molecule has 116 valence electrons. The van der Waals surface area contributed by atoms with Gasteiger partial charge in [0.1, 0.15) is 0 Å². The van der Waals surface area contributed by atoms with Crippen molar-refractivity contribution >= 4 is 40.3 Å². The molecule has 0 aromatic heterocycles. The summed E-state index contributed by atoms with van der Waals surface area (Å²) in [4.78, 5) is 0. The first-order valence-corrected chi connectivity index (χ1v) is 18.9. The molecule has 0 heterocycles. The van der Waals surface area contributed by atoms with Crippen molar-refractivity contribution in [3.63, 3.8) is 0 Å². The molecule has 0 saturated heterocycles. The molecule has 3 rings (SSSR count). The van der Waals surface area contributed by atoms with E-state index in [0.29, 0.717) is 4.75 Å². The van der Waals surface area contributed by atoms with Gasteiger partial charge in [-0.1, -0.05) is 0 Å². The fraction of sp³-hybridized carbons (Fsp3) is 0.190. The van der Waals surface area contributed by atoms with Crippen LogP contribution in [0.2, 0.25) is 22.0 Å². The molecule has 1 aliphatic carbocycles. The van der Waals surface area contributed by atoms with Gasteiger partial charge in [0.2, 0.25) is 0 Å². The molecule has 2 aromatic rings. The normalized spacial score (nSPS) is 17.3. The Morgan fingerprint density at radius 2 is 1.26 bits per heavy atom. The van der Waals surface area contributed by atoms with Crippen molar-refractivity contribution in [2.24, 2.45) is 0 Å². The number of rotatable bonds is 3. The van der Waals surface area contributed by atoms with Gasteiger partial charge >= 0.3 is 147 Å². The summed E-state index contributed by atoms with van der Waals surface area (Å²) in [6.45, 7) is 0. The van der Waals surface area contributed by atoms with Crippen LogP contribution in [-0.4, -0.2) is 31.5 Å². The minimum atomic E-state index is -1.82. The van der Waals surface area contributed by atoms with Crippen LogP contribution in [-0.2, 0) is 0 Å². The monoisotopic (exact) mass is 424 g/mol. The Labute approximate surface area is 146 Å². The number of hydrogen-bond donors (Lipinski definition) is 0. The van der Waals surface area contributed by atoms with Crippen LogP contribution in [0.3, 0.4) is 0 Å². The Hall–Kier alpha value is -1.12. The van der Waals surface area contributed by atoms with Crippen molar-refractivity contribution in [2.45, 2.75) is 22.0 Å². The van der Waals surface area contributed by atoms with Crippen LogP contribution in [0.4, 0.5) is 0 Å². The van der Waals surface area contributed by atoms with Crippen LogP contribution in [0.5, 0.6) is 0 Å². The molecule has 0 N–H and O–H groups in total. The van der Waals surface area contributed by atoms with E-state index in [9.17, 15) is 0 Å². The number of benzene rings is 2. The molecule has 1 atom stereocenters. The molecular formula is C21H24Ge2. The van der Waals surface area contributed by atoms with E-state index in [2.05, 4.69) is 102 Å². The second kappa shape index (κ2) is 7.19. The number of allylic oxidation sites excluding steroid dienone is 4. The van der Waals surface area contributed by atoms with Gasteiger partial charge in [-0.2, -0.15) is 0 Å². The molecule has 0 aliphatic heterocycles. The first-order valence-electron chi connectivity index (χ1n) is 8.27. The predicted molar refractivity (Wildman–Crippen MR) is 108 cm³/mol. The van der Waals surface area contributed by atoms with Gasteiger partial charge in [0.15, 0.2) is 0 Å². The molecule has 0 fully saturated rings. The predicted octanol–water partition coefficient (Wildman–Crippen LogP) is 3.88. The van der Waals surface area contributed by atoms with Crippen molar-refractivity contribution in [1.82, 2.24) is 0 Å². The van der Waals surface area contributed by atoms with Crippen LogP contribution in [0.25, 0.3) is 0 Å². The summed E-state index contributed by atoms with van der Waals surface area (Å²) in [6.07, 6.45) is 9.43. The Bertz CT molecular complexity index is 706. The zero-order valence-corrected chi connectivity index (χ0v) is 18.4. The summed E-state index contributed by atoms with van der Waals surface area (Å²) in [5.41, 5.74) is 0. The Morgan fingerprint density at radius 3 is 1.74 bits per heavy atom. The minimum absolute atomic E-state index is 0.704. The van der Waals surface area contributed by atoms with Crippen LogP contribution in [0.1, 0.15) is 0 Å². The molecule has 0 nitrogen and oxygen atoms in total. The molecule has 23 heavy (non-hydrogen) atoms. The topological polar surface area (TPSA) is 0 Å². The average molecular weight is 422 g/mol. The van der Waals surface area contributed by atoms with Crippen LogP contribution >= 0.6 is 0 Å². The molecule has 0 spiro atoms. The third-order valence-corrected chi connectivity index (χ3v) is 16.6. The maximum atomic E-state index is 2.54. The van der Waals surface area contributed by atoms with Crippen molar-refractivity contribution in [3.05, 3.63) is 85.0 Å². The van der Waals surface area contributed by atoms with E-state index >= 15 is 0 Å². The third kappa shape index (κ3) is 3.86. The van der Waals surface area contributed by atoms with Crippen LogP contribution in [0, 0.1) is 0 Å². The fourth-order valence-electron chi connectivity index (χ4n) is 3.25. The van der Waals surface area contributed by atoms with E-state index in [4.69, 9.17) is 0 Å². The Morgan fingerprint density at radius 1 is 0.739 bits per heavy atom. The summed E-state index contributed by atoms with van der Waals surface area (Å²) in [5, 5.41) is 0. The summed E-state index contributed by atoms with van der Waals surface area (Å²) < 4.78 is 5.56. The van der Waals surface area contributed by atoms with Gasteiger partial charge in [0.25, 0.3) is 0 Å². The van der Waals surface area contributed by atoms with Gasteiger partial charge in [-0.25, -0.2) is 0 Å². The van der Waals surface area contributed by atoms with E-state index in [1.165, 1.54) is 0 Å². The van der Waals surface area contributed by atoms with E-state index in [1.54, 1.807) is 13.1 Å². The maximum absolute atomic E-state index is 2.54. The second-order valence-electron chi connectivity index (χ2n) is 7.15. The van der Waals surface area contributed by atoms with Crippen LogP contribution < -0.4 is 8.79 Å². The second-order valence-corrected chi connectivity index (χ2v) is 23.6. The molecule has 0 amide bonds. The first kappa shape index (κ1) is 16.7. The molecule has 0 bridgehead atoms.